The molecule has 0 aromatic carbocycles. The van der Waals surface area contributed by atoms with Crippen molar-refractivity contribution >= 4 is 17.9 Å². The third kappa shape index (κ3) is 14.4. The molecular formula is C26H32F9N5O6. The Hall–Kier alpha value is -3.94. The summed E-state index contributed by atoms with van der Waals surface area (Å²) >= 11 is 0. The monoisotopic (exact) mass is 681 g/mol. The second-order valence-electron chi connectivity index (χ2n) is 10.3. The van der Waals surface area contributed by atoms with Crippen molar-refractivity contribution in [1.29, 1.82) is 0 Å². The van der Waals surface area contributed by atoms with Crippen LogP contribution in [0.1, 0.15) is 30.4 Å². The zero-order valence-electron chi connectivity index (χ0n) is 24.4. The molecular weight excluding hydrogens is 649 g/mol. The zero-order chi connectivity index (χ0) is 35.5. The molecule has 2 aromatic heterocycles. The predicted molar refractivity (Wildman–Crippen MR) is 140 cm³/mol. The maximum atomic E-state index is 10.6. The van der Waals surface area contributed by atoms with E-state index in [1.165, 1.54) is 43.5 Å². The van der Waals surface area contributed by atoms with Gasteiger partial charge in [0.1, 0.15) is 0 Å². The third-order valence-electron chi connectivity index (χ3n) is 6.78. The maximum absolute atomic E-state index is 10.6. The van der Waals surface area contributed by atoms with Gasteiger partial charge in [-0.1, -0.05) is 6.42 Å². The standard InChI is InChI=1S/C20H29N5.3C2HF3O2/c1-23(11-16-6-8-21-9-7-16)20-5-3-4-18-14-25(15-19(18)20)13-17-10-22-24(2)12-17;3*3-2(4,5)1(6)7/h6-10,12,18-20H,3-5,11,13-15H2,1-2H3;3*(H,6,7)/t18-,19+,20?;;;/m1.../s1. The van der Waals surface area contributed by atoms with Crippen LogP contribution in [0.15, 0.2) is 36.9 Å². The number of carboxylic acids is 3. The van der Waals surface area contributed by atoms with Crippen molar-refractivity contribution in [1.82, 2.24) is 24.6 Å². The van der Waals surface area contributed by atoms with Gasteiger partial charge in [-0.25, -0.2) is 14.4 Å². The molecule has 3 N–H and O–H groups in total. The highest BCUT2D eigenvalue weighted by atomic mass is 19.4. The van der Waals surface area contributed by atoms with Crippen molar-refractivity contribution in [3.05, 3.63) is 48.0 Å². The molecule has 0 radical (unpaired) electrons. The predicted octanol–water partition coefficient (Wildman–Crippen LogP) is 4.45. The minimum Gasteiger partial charge on any atom is -0.475 e. The van der Waals surface area contributed by atoms with E-state index < -0.39 is 36.4 Å². The molecule has 1 aliphatic carbocycles. The average Bonchev–Trinajstić information content (AvgIpc) is 3.53. The number of aromatic nitrogens is 3. The maximum Gasteiger partial charge on any atom is 0.490 e. The number of rotatable bonds is 5. The molecule has 3 heterocycles. The van der Waals surface area contributed by atoms with Gasteiger partial charge >= 0.3 is 36.4 Å². The number of aliphatic carboxylic acids is 3. The Balaban J connectivity index is 0.000000413. The number of nitrogens with zero attached hydrogens (tertiary/aromatic N) is 5. The first-order valence-corrected chi connectivity index (χ1v) is 13.2. The van der Waals surface area contributed by atoms with E-state index in [0.29, 0.717) is 6.04 Å². The third-order valence-corrected chi connectivity index (χ3v) is 6.78. The summed E-state index contributed by atoms with van der Waals surface area (Å²) < 4.78 is 97.1. The molecule has 20 heteroatoms. The largest absolute Gasteiger partial charge is 0.490 e. The number of fused-ring (bicyclic) bond motifs is 1. The molecule has 2 aliphatic rings. The number of alkyl halides is 9. The number of hydrogen-bond donors (Lipinski definition) is 3. The van der Waals surface area contributed by atoms with Crippen molar-refractivity contribution in [3.63, 3.8) is 0 Å². The van der Waals surface area contributed by atoms with E-state index in [4.69, 9.17) is 29.7 Å². The quantitative estimate of drug-likeness (QED) is 0.387. The van der Waals surface area contributed by atoms with Crippen molar-refractivity contribution < 1.29 is 69.2 Å². The van der Waals surface area contributed by atoms with Gasteiger partial charge in [0.05, 0.1) is 6.20 Å². The van der Waals surface area contributed by atoms with Crippen LogP contribution in [-0.4, -0.2) is 102 Å². The Morgan fingerprint density at radius 1 is 0.848 bits per heavy atom. The van der Waals surface area contributed by atoms with Crippen LogP contribution in [0.25, 0.3) is 0 Å². The van der Waals surface area contributed by atoms with Crippen LogP contribution < -0.4 is 0 Å². The number of halogens is 9. The van der Waals surface area contributed by atoms with E-state index in [1.54, 1.807) is 0 Å². The molecule has 2 aromatic rings. The lowest BCUT2D eigenvalue weighted by molar-refractivity contribution is -0.193. The smallest absolute Gasteiger partial charge is 0.475 e. The molecule has 260 valence electrons. The first-order chi connectivity index (χ1) is 21.0. The molecule has 3 atom stereocenters. The molecule has 1 saturated carbocycles. The van der Waals surface area contributed by atoms with E-state index in [1.807, 2.05) is 30.3 Å². The van der Waals surface area contributed by atoms with Gasteiger partial charge in [-0.15, -0.1) is 0 Å². The normalized spacial score (nSPS) is 19.8. The summed E-state index contributed by atoms with van der Waals surface area (Å²) in [6, 6.07) is 4.98. The second-order valence-corrected chi connectivity index (χ2v) is 10.3. The van der Waals surface area contributed by atoms with Gasteiger partial charge in [-0.05, 0) is 49.4 Å². The Morgan fingerprint density at radius 2 is 1.33 bits per heavy atom. The van der Waals surface area contributed by atoms with Crippen LogP contribution in [0.3, 0.4) is 0 Å². The molecule has 1 unspecified atom stereocenters. The molecule has 2 fully saturated rings. The van der Waals surface area contributed by atoms with E-state index in [-0.39, 0.29) is 0 Å². The van der Waals surface area contributed by atoms with Crippen LogP contribution in [-0.2, 0) is 34.5 Å². The lowest BCUT2D eigenvalue weighted by Crippen LogP contribution is -2.43. The highest BCUT2D eigenvalue weighted by molar-refractivity contribution is 5.73. The Kier molecular flexibility index (Phi) is 14.9. The summed E-state index contributed by atoms with van der Waals surface area (Å²) in [6.07, 6.45) is -3.19. The number of carbonyl (C=O) groups is 3. The van der Waals surface area contributed by atoms with Gasteiger partial charge in [-0.3, -0.25) is 19.5 Å². The van der Waals surface area contributed by atoms with Crippen LogP contribution in [0.5, 0.6) is 0 Å². The summed E-state index contributed by atoms with van der Waals surface area (Å²) in [5, 5.41) is 25.7. The molecule has 0 amide bonds. The number of carboxylic acid groups (broad SMARTS) is 3. The number of likely N-dealkylation sites (tertiary alicyclic amines) is 1. The summed E-state index contributed by atoms with van der Waals surface area (Å²) in [5.41, 5.74) is 2.70. The van der Waals surface area contributed by atoms with Crippen molar-refractivity contribution in [2.45, 2.75) is 56.9 Å². The minimum absolute atomic E-state index is 0.700. The lowest BCUT2D eigenvalue weighted by Gasteiger charge is -2.39. The Bertz CT molecular complexity index is 1200. The summed E-state index contributed by atoms with van der Waals surface area (Å²) in [4.78, 5) is 36.1. The molecule has 11 nitrogen and oxygen atoms in total. The van der Waals surface area contributed by atoms with Gasteiger partial charge in [-0.2, -0.15) is 44.6 Å². The van der Waals surface area contributed by atoms with Crippen molar-refractivity contribution in [3.8, 4) is 0 Å². The van der Waals surface area contributed by atoms with Crippen LogP contribution in [0.2, 0.25) is 0 Å². The molecule has 1 aliphatic heterocycles. The molecule has 0 spiro atoms. The van der Waals surface area contributed by atoms with Gasteiger partial charge in [0.15, 0.2) is 0 Å². The summed E-state index contributed by atoms with van der Waals surface area (Å²) in [7, 11) is 4.30. The SMILES string of the molecule is CN(Cc1ccncc1)C1CCC[C@@H]2CN(Cc3cnn(C)c3)C[C@H]12.O=C(O)C(F)(F)F.O=C(O)C(F)(F)F.O=C(O)C(F)(F)F. The fraction of sp³-hybridized carbons (Fsp3) is 0.577. The molecule has 46 heavy (non-hydrogen) atoms. The first kappa shape index (κ1) is 40.1. The average molecular weight is 682 g/mol. The Labute approximate surface area is 256 Å². The van der Waals surface area contributed by atoms with Crippen LogP contribution in [0, 0.1) is 11.8 Å². The topological polar surface area (TPSA) is 149 Å². The van der Waals surface area contributed by atoms with E-state index >= 15 is 0 Å². The Morgan fingerprint density at radius 3 is 1.74 bits per heavy atom. The van der Waals surface area contributed by atoms with Crippen LogP contribution >= 0.6 is 0 Å². The van der Waals surface area contributed by atoms with Gasteiger partial charge < -0.3 is 15.3 Å². The van der Waals surface area contributed by atoms with Crippen molar-refractivity contribution in [2.75, 3.05) is 20.1 Å². The first-order valence-electron chi connectivity index (χ1n) is 13.2. The highest BCUT2D eigenvalue weighted by Gasteiger charge is 2.42. The fourth-order valence-corrected chi connectivity index (χ4v) is 4.91. The molecule has 0 bridgehead atoms. The molecule has 4 rings (SSSR count). The number of hydrogen-bond acceptors (Lipinski definition) is 7. The summed E-state index contributed by atoms with van der Waals surface area (Å²) in [5.74, 6) is -6.61. The van der Waals surface area contributed by atoms with Crippen molar-refractivity contribution in [2.24, 2.45) is 18.9 Å². The lowest BCUT2D eigenvalue weighted by atomic mass is 9.77. The highest BCUT2D eigenvalue weighted by Crippen LogP contribution is 2.39. The second kappa shape index (κ2) is 17.1. The minimum atomic E-state index is -5.08. The molecule has 1 saturated heterocycles. The fourth-order valence-electron chi connectivity index (χ4n) is 4.91. The van der Waals surface area contributed by atoms with Gasteiger partial charge in [0.25, 0.3) is 0 Å². The van der Waals surface area contributed by atoms with Gasteiger partial charge in [0, 0.05) is 63.4 Å². The van der Waals surface area contributed by atoms with Crippen LogP contribution in [0.4, 0.5) is 39.5 Å². The number of aryl methyl sites for hydroxylation is 1. The van der Waals surface area contributed by atoms with E-state index in [0.717, 1.165) is 24.9 Å². The van der Waals surface area contributed by atoms with E-state index in [9.17, 15) is 39.5 Å². The zero-order valence-corrected chi connectivity index (χ0v) is 24.4. The van der Waals surface area contributed by atoms with E-state index in [2.05, 4.69) is 45.3 Å². The number of pyridine rings is 1. The van der Waals surface area contributed by atoms with Gasteiger partial charge in [0.2, 0.25) is 0 Å². The summed E-state index contributed by atoms with van der Waals surface area (Å²) in [6.45, 7) is 4.55.